The lowest BCUT2D eigenvalue weighted by molar-refractivity contribution is -0.159. The lowest BCUT2D eigenvalue weighted by Gasteiger charge is -2.62. The summed E-state index contributed by atoms with van der Waals surface area (Å²) in [4.78, 5) is 11.0. The summed E-state index contributed by atoms with van der Waals surface area (Å²) >= 11 is 0. The van der Waals surface area contributed by atoms with Gasteiger partial charge in [0, 0.05) is 6.42 Å². The third-order valence-corrected chi connectivity index (χ3v) is 10.2. The Bertz CT molecular complexity index is 574. The number of carbonyl (C=O) groups is 1. The van der Waals surface area contributed by atoms with Crippen molar-refractivity contribution >= 4 is 5.97 Å². The van der Waals surface area contributed by atoms with Crippen molar-refractivity contribution in [1.82, 2.24) is 0 Å². The maximum atomic E-state index is 11.1. The van der Waals surface area contributed by atoms with Crippen LogP contribution in [0.5, 0.6) is 0 Å². The molecular formula is C24H40O3. The van der Waals surface area contributed by atoms with Crippen molar-refractivity contribution in [1.29, 1.82) is 0 Å². The molecule has 4 saturated carbocycles. The second-order valence-electron chi connectivity index (χ2n) is 11.2. The Balaban J connectivity index is 1.55. The zero-order valence-corrected chi connectivity index (χ0v) is 17.6. The van der Waals surface area contributed by atoms with Crippen LogP contribution in [0.3, 0.4) is 0 Å². The van der Waals surface area contributed by atoms with Gasteiger partial charge in [0.25, 0.3) is 0 Å². The lowest BCUT2D eigenvalue weighted by Crippen LogP contribution is -2.57. The molecule has 4 aliphatic carbocycles. The molecule has 0 aromatic carbocycles. The normalized spacial score (nSPS) is 50.4. The molecule has 0 spiro atoms. The minimum absolute atomic E-state index is 0.0950. The highest BCUT2D eigenvalue weighted by molar-refractivity contribution is 5.66. The summed E-state index contributed by atoms with van der Waals surface area (Å²) in [6.45, 7) is 7.33. The maximum Gasteiger partial charge on any atom is 0.303 e. The Morgan fingerprint density at radius 1 is 1.00 bits per heavy atom. The van der Waals surface area contributed by atoms with E-state index in [1.165, 1.54) is 51.4 Å². The first-order valence-electron chi connectivity index (χ1n) is 11.7. The molecule has 1 unspecified atom stereocenters. The van der Waals surface area contributed by atoms with Crippen molar-refractivity contribution in [3.05, 3.63) is 0 Å². The van der Waals surface area contributed by atoms with Crippen LogP contribution >= 0.6 is 0 Å². The molecule has 3 nitrogen and oxygen atoms in total. The molecule has 27 heavy (non-hydrogen) atoms. The molecule has 0 aromatic heterocycles. The highest BCUT2D eigenvalue weighted by Crippen LogP contribution is 2.68. The van der Waals surface area contributed by atoms with Gasteiger partial charge in [-0.15, -0.1) is 0 Å². The van der Waals surface area contributed by atoms with Crippen LogP contribution < -0.4 is 0 Å². The van der Waals surface area contributed by atoms with Crippen LogP contribution in [0, 0.1) is 46.3 Å². The van der Waals surface area contributed by atoms with E-state index in [0.29, 0.717) is 40.9 Å². The van der Waals surface area contributed by atoms with Crippen LogP contribution in [-0.2, 0) is 4.79 Å². The number of carboxylic acid groups (broad SMARTS) is 1. The molecule has 4 fully saturated rings. The molecule has 4 rings (SSSR count). The number of carboxylic acids is 1. The van der Waals surface area contributed by atoms with E-state index in [1.54, 1.807) is 0 Å². The van der Waals surface area contributed by atoms with Crippen molar-refractivity contribution in [2.45, 2.75) is 97.5 Å². The van der Waals surface area contributed by atoms with Crippen molar-refractivity contribution in [3.63, 3.8) is 0 Å². The van der Waals surface area contributed by atoms with Crippen LogP contribution in [0.4, 0.5) is 0 Å². The van der Waals surface area contributed by atoms with E-state index in [2.05, 4.69) is 20.8 Å². The monoisotopic (exact) mass is 376 g/mol. The molecule has 2 N–H and O–H groups in total. The molecule has 0 radical (unpaired) electrons. The minimum atomic E-state index is -0.656. The van der Waals surface area contributed by atoms with E-state index in [1.807, 2.05) is 0 Å². The molecule has 0 bridgehead atoms. The third kappa shape index (κ3) is 3.07. The van der Waals surface area contributed by atoms with E-state index in [0.717, 1.165) is 24.7 Å². The van der Waals surface area contributed by atoms with Gasteiger partial charge in [-0.2, -0.15) is 0 Å². The lowest BCUT2D eigenvalue weighted by atomic mass is 9.44. The van der Waals surface area contributed by atoms with E-state index < -0.39 is 5.97 Å². The summed E-state index contributed by atoms with van der Waals surface area (Å²) < 4.78 is 0. The maximum absolute atomic E-state index is 11.1. The first kappa shape index (κ1) is 19.7. The number of hydrogen-bond acceptors (Lipinski definition) is 2. The molecule has 0 aliphatic heterocycles. The number of aliphatic hydroxyl groups excluding tert-OH is 1. The van der Waals surface area contributed by atoms with Gasteiger partial charge >= 0.3 is 5.97 Å². The quantitative estimate of drug-likeness (QED) is 0.680. The van der Waals surface area contributed by atoms with Gasteiger partial charge in [-0.05, 0) is 97.7 Å². The van der Waals surface area contributed by atoms with E-state index in [4.69, 9.17) is 5.11 Å². The van der Waals surface area contributed by atoms with Crippen LogP contribution in [0.1, 0.15) is 91.4 Å². The highest BCUT2D eigenvalue weighted by atomic mass is 16.4. The molecule has 3 heteroatoms. The third-order valence-electron chi connectivity index (χ3n) is 10.2. The fourth-order valence-corrected chi connectivity index (χ4v) is 8.88. The van der Waals surface area contributed by atoms with Gasteiger partial charge in [0.1, 0.15) is 0 Å². The molecule has 9 atom stereocenters. The van der Waals surface area contributed by atoms with Crippen molar-refractivity contribution < 1.29 is 15.0 Å². The van der Waals surface area contributed by atoms with E-state index in [-0.39, 0.29) is 6.10 Å². The van der Waals surface area contributed by atoms with Gasteiger partial charge < -0.3 is 10.2 Å². The fourth-order valence-electron chi connectivity index (χ4n) is 8.88. The molecule has 0 saturated heterocycles. The van der Waals surface area contributed by atoms with E-state index >= 15 is 0 Å². The predicted molar refractivity (Wildman–Crippen MR) is 107 cm³/mol. The molecular weight excluding hydrogens is 336 g/mol. The molecule has 0 aromatic rings. The van der Waals surface area contributed by atoms with Gasteiger partial charge in [0.05, 0.1) is 6.10 Å². The molecule has 0 heterocycles. The first-order chi connectivity index (χ1) is 12.8. The summed E-state index contributed by atoms with van der Waals surface area (Å²) in [5, 5.41) is 20.2. The van der Waals surface area contributed by atoms with Gasteiger partial charge in [-0.1, -0.05) is 33.6 Å². The second kappa shape index (κ2) is 7.04. The van der Waals surface area contributed by atoms with Gasteiger partial charge in [-0.25, -0.2) is 0 Å². The van der Waals surface area contributed by atoms with Gasteiger partial charge in [0.15, 0.2) is 0 Å². The summed E-state index contributed by atoms with van der Waals surface area (Å²) in [6.07, 6.45) is 12.5. The number of hydrogen-bond donors (Lipinski definition) is 2. The minimum Gasteiger partial charge on any atom is -0.481 e. The van der Waals surface area contributed by atoms with Crippen LogP contribution in [0.25, 0.3) is 0 Å². The SMILES string of the molecule is C[C@H](CCC(=O)O)[C@H]1CCC2[C@@H]3C[C@H](O)[C@@H]4CCCC[C@]4(C)[C@H]3CC[C@@]21C. The largest absolute Gasteiger partial charge is 0.481 e. The summed E-state index contributed by atoms with van der Waals surface area (Å²) in [7, 11) is 0. The van der Waals surface area contributed by atoms with E-state index in [9.17, 15) is 9.90 Å². The smallest absolute Gasteiger partial charge is 0.303 e. The molecule has 154 valence electrons. The standard InChI is InChI=1S/C24H40O3/c1-15(7-10-22(26)27)17-8-9-18-16-14-21(25)20-6-4-5-12-23(20,2)19(16)11-13-24(17,18)3/h15-21,25H,4-14H2,1-3H3,(H,26,27)/t15-,16+,17-,18?,19+,20+,21+,23-,24-/m1/s1. The summed E-state index contributed by atoms with van der Waals surface area (Å²) in [5.74, 6) is 3.27. The molecule has 0 amide bonds. The van der Waals surface area contributed by atoms with Gasteiger partial charge in [0.2, 0.25) is 0 Å². The zero-order valence-electron chi connectivity index (χ0n) is 17.6. The van der Waals surface area contributed by atoms with Crippen molar-refractivity contribution in [3.8, 4) is 0 Å². The van der Waals surface area contributed by atoms with Crippen LogP contribution in [-0.4, -0.2) is 22.3 Å². The molecule has 4 aliphatic rings. The summed E-state index contributed by atoms with van der Waals surface area (Å²) in [5.41, 5.74) is 0.714. The predicted octanol–water partition coefficient (Wildman–Crippen LogP) is 5.51. The van der Waals surface area contributed by atoms with Crippen molar-refractivity contribution in [2.24, 2.45) is 46.3 Å². The topological polar surface area (TPSA) is 57.5 Å². The highest BCUT2D eigenvalue weighted by Gasteiger charge is 2.61. The van der Waals surface area contributed by atoms with Crippen LogP contribution in [0.15, 0.2) is 0 Å². The first-order valence-corrected chi connectivity index (χ1v) is 11.7. The van der Waals surface area contributed by atoms with Crippen molar-refractivity contribution in [2.75, 3.05) is 0 Å². The Morgan fingerprint density at radius 2 is 1.74 bits per heavy atom. The Morgan fingerprint density at radius 3 is 2.48 bits per heavy atom. The summed E-state index contributed by atoms with van der Waals surface area (Å²) in [6, 6.07) is 0. The Hall–Kier alpha value is -0.570. The Kier molecular flexibility index (Phi) is 5.15. The number of fused-ring (bicyclic) bond motifs is 5. The average Bonchev–Trinajstić information content (AvgIpc) is 2.97. The fraction of sp³-hybridized carbons (Fsp3) is 0.958. The zero-order chi connectivity index (χ0) is 19.4. The van der Waals surface area contributed by atoms with Crippen LogP contribution in [0.2, 0.25) is 0 Å². The Labute approximate surface area is 165 Å². The second-order valence-corrected chi connectivity index (χ2v) is 11.2. The number of aliphatic carboxylic acids is 1. The number of aliphatic hydroxyl groups is 1. The van der Waals surface area contributed by atoms with Gasteiger partial charge in [-0.3, -0.25) is 4.79 Å². The number of rotatable bonds is 4. The average molecular weight is 377 g/mol.